The maximum absolute atomic E-state index is 12.3. The standard InChI is InChI=1S/C17H28O2SSi/c1-12(16(19)20-17(2,3)4)15(18)13-10-8-9-11-14(13)21(5,6)7/h8-12,15,18H,1-7H3/t12-,15+/m1/s1. The molecule has 0 bridgehead atoms. The Bertz CT molecular complexity index is 500. The fourth-order valence-electron chi connectivity index (χ4n) is 2.23. The smallest absolute Gasteiger partial charge is 0.195 e. The maximum atomic E-state index is 12.3. The molecule has 0 saturated heterocycles. The molecule has 0 aromatic heterocycles. The summed E-state index contributed by atoms with van der Waals surface area (Å²) in [5.41, 5.74) is 0.923. The average molecular weight is 325 g/mol. The van der Waals surface area contributed by atoms with E-state index in [0.717, 1.165) is 5.56 Å². The molecule has 4 heteroatoms. The molecule has 0 fully saturated rings. The Morgan fingerprint density at radius 2 is 1.71 bits per heavy atom. The zero-order chi connectivity index (χ0) is 16.4. The van der Waals surface area contributed by atoms with Gasteiger partial charge in [0, 0.05) is 4.75 Å². The summed E-state index contributed by atoms with van der Waals surface area (Å²) in [4.78, 5) is 12.3. The number of benzene rings is 1. The predicted octanol–water partition coefficient (Wildman–Crippen LogP) is 3.96. The van der Waals surface area contributed by atoms with E-state index in [1.54, 1.807) is 0 Å². The third kappa shape index (κ3) is 5.27. The molecule has 0 radical (unpaired) electrons. The summed E-state index contributed by atoms with van der Waals surface area (Å²) in [6.07, 6.45) is -0.727. The molecule has 1 rings (SSSR count). The van der Waals surface area contributed by atoms with Gasteiger partial charge >= 0.3 is 0 Å². The van der Waals surface area contributed by atoms with Crippen LogP contribution in [0.5, 0.6) is 0 Å². The number of hydrogen-bond donors (Lipinski definition) is 1. The van der Waals surface area contributed by atoms with Gasteiger partial charge in [0.2, 0.25) is 0 Å². The molecule has 0 spiro atoms. The Hall–Kier alpha value is -0.583. The first-order valence-corrected chi connectivity index (χ1v) is 11.8. The van der Waals surface area contributed by atoms with Crippen molar-refractivity contribution in [1.29, 1.82) is 0 Å². The molecule has 0 saturated carbocycles. The monoisotopic (exact) mass is 324 g/mol. The zero-order valence-corrected chi connectivity index (χ0v) is 16.0. The first-order valence-electron chi connectivity index (χ1n) is 7.44. The van der Waals surface area contributed by atoms with Gasteiger partial charge in [-0.1, -0.05) is 88.6 Å². The minimum Gasteiger partial charge on any atom is -0.388 e. The Morgan fingerprint density at radius 1 is 1.19 bits per heavy atom. The summed E-state index contributed by atoms with van der Waals surface area (Å²) in [5.74, 6) is -0.397. The van der Waals surface area contributed by atoms with Gasteiger partial charge in [-0.25, -0.2) is 0 Å². The van der Waals surface area contributed by atoms with E-state index in [4.69, 9.17) is 0 Å². The highest BCUT2D eigenvalue weighted by Gasteiger charge is 2.31. The number of aliphatic hydroxyl groups excluding tert-OH is 1. The second-order valence-corrected chi connectivity index (χ2v) is 14.5. The lowest BCUT2D eigenvalue weighted by Crippen LogP contribution is -2.41. The third-order valence-corrected chi connectivity index (χ3v) is 6.60. The second kappa shape index (κ2) is 6.67. The molecule has 1 aromatic carbocycles. The van der Waals surface area contributed by atoms with Crippen LogP contribution in [0.1, 0.15) is 39.4 Å². The minimum absolute atomic E-state index is 0.0559. The van der Waals surface area contributed by atoms with Gasteiger partial charge < -0.3 is 5.11 Å². The molecule has 0 aliphatic heterocycles. The molecule has 2 nitrogen and oxygen atoms in total. The van der Waals surface area contributed by atoms with Crippen molar-refractivity contribution < 1.29 is 9.90 Å². The highest BCUT2D eigenvalue weighted by atomic mass is 32.2. The van der Waals surface area contributed by atoms with Crippen LogP contribution in [0.25, 0.3) is 0 Å². The van der Waals surface area contributed by atoms with Crippen molar-refractivity contribution in [3.63, 3.8) is 0 Å². The number of aliphatic hydroxyl groups is 1. The predicted molar refractivity (Wildman–Crippen MR) is 95.9 cm³/mol. The van der Waals surface area contributed by atoms with E-state index in [1.165, 1.54) is 16.9 Å². The van der Waals surface area contributed by atoms with E-state index in [0.29, 0.717) is 0 Å². The molecular formula is C17H28O2SSi. The van der Waals surface area contributed by atoms with Crippen LogP contribution in [-0.4, -0.2) is 23.0 Å². The van der Waals surface area contributed by atoms with Gasteiger partial charge in [0.15, 0.2) is 5.12 Å². The zero-order valence-electron chi connectivity index (χ0n) is 14.2. The Morgan fingerprint density at radius 3 is 2.19 bits per heavy atom. The van der Waals surface area contributed by atoms with Crippen molar-refractivity contribution in [3.05, 3.63) is 29.8 Å². The number of hydrogen-bond acceptors (Lipinski definition) is 3. The molecule has 118 valence electrons. The van der Waals surface area contributed by atoms with E-state index < -0.39 is 20.1 Å². The SMILES string of the molecule is C[C@@H](C(=O)SC(C)(C)C)[C@H](O)c1ccccc1[Si](C)(C)C. The Balaban J connectivity index is 3.04. The maximum Gasteiger partial charge on any atom is 0.195 e. The largest absolute Gasteiger partial charge is 0.388 e. The van der Waals surface area contributed by atoms with Crippen molar-refractivity contribution in [2.24, 2.45) is 5.92 Å². The third-order valence-electron chi connectivity index (χ3n) is 3.34. The van der Waals surface area contributed by atoms with Crippen LogP contribution in [-0.2, 0) is 4.79 Å². The highest BCUT2D eigenvalue weighted by Crippen LogP contribution is 2.32. The van der Waals surface area contributed by atoms with Crippen LogP contribution in [0.2, 0.25) is 19.6 Å². The van der Waals surface area contributed by atoms with Crippen molar-refractivity contribution in [3.8, 4) is 0 Å². The van der Waals surface area contributed by atoms with E-state index >= 15 is 0 Å². The van der Waals surface area contributed by atoms with Crippen molar-refractivity contribution in [1.82, 2.24) is 0 Å². The molecule has 0 heterocycles. The Kier molecular flexibility index (Phi) is 5.87. The van der Waals surface area contributed by atoms with E-state index in [-0.39, 0.29) is 9.86 Å². The molecule has 1 N–H and O–H groups in total. The van der Waals surface area contributed by atoms with Crippen LogP contribution < -0.4 is 5.19 Å². The van der Waals surface area contributed by atoms with Gasteiger partial charge in [0.25, 0.3) is 0 Å². The van der Waals surface area contributed by atoms with Crippen molar-refractivity contribution in [2.75, 3.05) is 0 Å². The van der Waals surface area contributed by atoms with Crippen LogP contribution in [0.15, 0.2) is 24.3 Å². The molecular weight excluding hydrogens is 296 g/mol. The topological polar surface area (TPSA) is 37.3 Å². The van der Waals surface area contributed by atoms with Gasteiger partial charge in [-0.2, -0.15) is 0 Å². The minimum atomic E-state index is -1.55. The first kappa shape index (κ1) is 18.5. The number of rotatable bonds is 4. The Labute approximate surface area is 134 Å². The summed E-state index contributed by atoms with van der Waals surface area (Å²) in [7, 11) is -1.55. The molecule has 2 atom stereocenters. The summed E-state index contributed by atoms with van der Waals surface area (Å²) in [5, 5.41) is 12.0. The lowest BCUT2D eigenvalue weighted by atomic mass is 9.98. The van der Waals surface area contributed by atoms with Crippen LogP contribution >= 0.6 is 11.8 Å². The van der Waals surface area contributed by atoms with Gasteiger partial charge in [0.05, 0.1) is 20.1 Å². The molecule has 21 heavy (non-hydrogen) atoms. The summed E-state index contributed by atoms with van der Waals surface area (Å²) in [6.45, 7) is 14.7. The van der Waals surface area contributed by atoms with Gasteiger partial charge in [-0.15, -0.1) is 0 Å². The first-order chi connectivity index (χ1) is 9.43. The van der Waals surface area contributed by atoms with E-state index in [2.05, 4.69) is 25.7 Å². The second-order valence-electron chi connectivity index (χ2n) is 7.60. The summed E-state index contributed by atoms with van der Waals surface area (Å²) >= 11 is 1.31. The van der Waals surface area contributed by atoms with Gasteiger partial charge in [-0.3, -0.25) is 4.79 Å². The lowest BCUT2D eigenvalue weighted by molar-refractivity contribution is -0.117. The van der Waals surface area contributed by atoms with Crippen LogP contribution in [0, 0.1) is 5.92 Å². The highest BCUT2D eigenvalue weighted by molar-refractivity contribution is 8.14. The van der Waals surface area contributed by atoms with Gasteiger partial charge in [-0.05, 0) is 5.56 Å². The average Bonchev–Trinajstić information content (AvgIpc) is 2.34. The molecule has 0 amide bonds. The van der Waals surface area contributed by atoms with Crippen molar-refractivity contribution >= 4 is 30.1 Å². The summed E-state index contributed by atoms with van der Waals surface area (Å²) in [6, 6.07) is 8.01. The van der Waals surface area contributed by atoms with E-state index in [9.17, 15) is 9.90 Å². The number of carbonyl (C=O) groups is 1. The van der Waals surface area contributed by atoms with Crippen LogP contribution in [0.4, 0.5) is 0 Å². The lowest BCUT2D eigenvalue weighted by Gasteiger charge is -2.27. The quantitative estimate of drug-likeness (QED) is 0.852. The normalized spacial score (nSPS) is 15.6. The van der Waals surface area contributed by atoms with Crippen LogP contribution in [0.3, 0.4) is 0 Å². The fraction of sp³-hybridized carbons (Fsp3) is 0.588. The van der Waals surface area contributed by atoms with Gasteiger partial charge in [0.1, 0.15) is 0 Å². The number of carbonyl (C=O) groups excluding carboxylic acids is 1. The van der Waals surface area contributed by atoms with E-state index in [1.807, 2.05) is 45.9 Å². The summed E-state index contributed by atoms with van der Waals surface area (Å²) < 4.78 is -0.122. The fourth-order valence-corrected chi connectivity index (χ4v) is 4.84. The molecule has 1 aromatic rings. The molecule has 0 aliphatic rings. The molecule has 0 aliphatic carbocycles. The molecule has 0 unspecified atom stereocenters. The number of thioether (sulfide) groups is 1. The van der Waals surface area contributed by atoms with Crippen molar-refractivity contribution in [2.45, 2.75) is 58.2 Å².